The van der Waals surface area contributed by atoms with Crippen LogP contribution in [0.4, 0.5) is 0 Å². The smallest absolute Gasteiger partial charge is 0.238 e. The second-order valence-electron chi connectivity index (χ2n) is 9.77. The molecule has 1 aromatic rings. The third-order valence-electron chi connectivity index (χ3n) is 7.76. The molecule has 1 aromatic carbocycles. The lowest BCUT2D eigenvalue weighted by molar-refractivity contribution is -0.577. The van der Waals surface area contributed by atoms with Crippen LogP contribution in [0, 0.1) is 23.7 Å². The molecule has 0 unspecified atom stereocenters. The van der Waals surface area contributed by atoms with E-state index in [9.17, 15) is 8.42 Å². The van der Waals surface area contributed by atoms with Crippen LogP contribution in [0.3, 0.4) is 0 Å². The van der Waals surface area contributed by atoms with Crippen LogP contribution in [0.5, 0.6) is 0 Å². The van der Waals surface area contributed by atoms with Crippen molar-refractivity contribution >= 4 is 10.0 Å². The van der Waals surface area contributed by atoms with Crippen LogP contribution < -0.4 is 5.14 Å². The summed E-state index contributed by atoms with van der Waals surface area (Å²) in [7, 11) is -3.71. The molecule has 31 heavy (non-hydrogen) atoms. The van der Waals surface area contributed by atoms with Gasteiger partial charge in [0, 0.05) is 18.3 Å². The molecule has 172 valence electrons. The molecular weight excluding hydrogens is 422 g/mol. The molecule has 8 atom stereocenters. The summed E-state index contributed by atoms with van der Waals surface area (Å²) in [5, 5.41) is 5.17. The summed E-state index contributed by atoms with van der Waals surface area (Å²) in [6.07, 6.45) is 2.90. The Morgan fingerprint density at radius 3 is 2.55 bits per heavy atom. The minimum Gasteiger partial charge on any atom is -0.348 e. The third-order valence-corrected chi connectivity index (χ3v) is 8.69. The standard InChI is InChI=1S/C22H31NO7S/c1-13-4-9-18-14(2)19(26-12-15-5-7-16(8-6-15)31(23,24)25)27-20-22(18)17(13)10-11-21(3,28-20)29-30-22/h5-8,13-14,17-20H,4,9-12H2,1-3H3,(H2,23,24,25)/t13-,14-,17+,18+,19-,20-,21-,22-/m1/s1. The molecule has 2 N–H and O–H groups in total. The van der Waals surface area contributed by atoms with Crippen LogP contribution in [0.25, 0.3) is 0 Å². The van der Waals surface area contributed by atoms with Crippen molar-refractivity contribution in [2.45, 2.75) is 81.9 Å². The third kappa shape index (κ3) is 3.55. The lowest BCUT2D eigenvalue weighted by atomic mass is 9.58. The predicted molar refractivity (Wildman–Crippen MR) is 109 cm³/mol. The highest BCUT2D eigenvalue weighted by Gasteiger charge is 2.69. The van der Waals surface area contributed by atoms with E-state index in [-0.39, 0.29) is 16.7 Å². The lowest BCUT2D eigenvalue weighted by Gasteiger charge is -2.60. The van der Waals surface area contributed by atoms with E-state index in [1.807, 2.05) is 6.92 Å². The van der Waals surface area contributed by atoms with Gasteiger partial charge >= 0.3 is 0 Å². The van der Waals surface area contributed by atoms with Crippen molar-refractivity contribution < 1.29 is 32.4 Å². The number of fused-ring (bicyclic) bond motifs is 2. The van der Waals surface area contributed by atoms with Crippen LogP contribution in [-0.2, 0) is 40.6 Å². The maximum Gasteiger partial charge on any atom is 0.238 e. The highest BCUT2D eigenvalue weighted by atomic mass is 32.2. The Bertz CT molecular complexity index is 938. The summed E-state index contributed by atoms with van der Waals surface area (Å²) in [4.78, 5) is 12.0. The minimum atomic E-state index is -3.71. The molecule has 1 aliphatic carbocycles. The molecule has 0 radical (unpaired) electrons. The first-order valence-electron chi connectivity index (χ1n) is 11.1. The van der Waals surface area contributed by atoms with Gasteiger partial charge in [0.1, 0.15) is 0 Å². The van der Waals surface area contributed by atoms with Crippen molar-refractivity contribution in [3.05, 3.63) is 29.8 Å². The first-order chi connectivity index (χ1) is 14.6. The van der Waals surface area contributed by atoms with E-state index in [1.165, 1.54) is 12.1 Å². The van der Waals surface area contributed by atoms with Gasteiger partial charge in [0.05, 0.1) is 11.5 Å². The fourth-order valence-electron chi connectivity index (χ4n) is 6.02. The lowest BCUT2D eigenvalue weighted by Crippen LogP contribution is -2.70. The van der Waals surface area contributed by atoms with Crippen molar-refractivity contribution in [2.24, 2.45) is 28.8 Å². The van der Waals surface area contributed by atoms with Gasteiger partial charge in [0.2, 0.25) is 15.8 Å². The van der Waals surface area contributed by atoms with E-state index >= 15 is 0 Å². The molecule has 9 heteroatoms. The molecule has 6 rings (SSSR count). The van der Waals surface area contributed by atoms with Gasteiger partial charge in [-0.15, -0.1) is 0 Å². The van der Waals surface area contributed by atoms with Gasteiger partial charge in [-0.1, -0.05) is 26.0 Å². The maximum absolute atomic E-state index is 11.5. The summed E-state index contributed by atoms with van der Waals surface area (Å²) >= 11 is 0. The normalized spacial score (nSPS) is 44.5. The van der Waals surface area contributed by atoms with E-state index in [4.69, 9.17) is 29.1 Å². The molecule has 4 saturated heterocycles. The Morgan fingerprint density at radius 2 is 1.84 bits per heavy atom. The van der Waals surface area contributed by atoms with Gasteiger partial charge in [-0.25, -0.2) is 23.3 Å². The van der Waals surface area contributed by atoms with Gasteiger partial charge < -0.3 is 14.2 Å². The van der Waals surface area contributed by atoms with Crippen molar-refractivity contribution in [1.82, 2.24) is 0 Å². The predicted octanol–water partition coefficient (Wildman–Crippen LogP) is 3.06. The van der Waals surface area contributed by atoms with Crippen molar-refractivity contribution in [3.63, 3.8) is 0 Å². The van der Waals surface area contributed by atoms with E-state index in [1.54, 1.807) is 12.1 Å². The zero-order valence-electron chi connectivity index (χ0n) is 18.2. The Morgan fingerprint density at radius 1 is 1.10 bits per heavy atom. The second-order valence-corrected chi connectivity index (χ2v) is 11.3. The van der Waals surface area contributed by atoms with Gasteiger partial charge in [-0.2, -0.15) is 0 Å². The second kappa shape index (κ2) is 7.48. The highest BCUT2D eigenvalue weighted by Crippen LogP contribution is 2.60. The summed E-state index contributed by atoms with van der Waals surface area (Å²) in [5.41, 5.74) is 0.234. The fraction of sp³-hybridized carbons (Fsp3) is 0.727. The molecule has 4 aliphatic heterocycles. The number of ether oxygens (including phenoxy) is 3. The van der Waals surface area contributed by atoms with Crippen LogP contribution in [0.2, 0.25) is 0 Å². The minimum absolute atomic E-state index is 0.0797. The topological polar surface area (TPSA) is 106 Å². The fourth-order valence-corrected chi connectivity index (χ4v) is 6.53. The van der Waals surface area contributed by atoms with E-state index in [2.05, 4.69) is 13.8 Å². The van der Waals surface area contributed by atoms with Gasteiger partial charge in [0.15, 0.2) is 18.2 Å². The van der Waals surface area contributed by atoms with Crippen molar-refractivity contribution in [1.29, 1.82) is 0 Å². The molecule has 5 aliphatic rings. The number of benzene rings is 1. The SMILES string of the molecule is C[C@H]1[C@H](OCc2ccc(S(N)(=O)=O)cc2)O[C@@H]2O[C@@]3(C)CC[C@H]4[C@H](C)CC[C@@H]1[C@@]24OO3. The number of rotatable bonds is 4. The van der Waals surface area contributed by atoms with E-state index in [0.717, 1.165) is 31.2 Å². The van der Waals surface area contributed by atoms with E-state index in [0.29, 0.717) is 18.4 Å². The highest BCUT2D eigenvalue weighted by molar-refractivity contribution is 7.89. The number of sulfonamides is 1. The first-order valence-corrected chi connectivity index (χ1v) is 12.6. The molecule has 8 nitrogen and oxygen atoms in total. The molecule has 0 amide bonds. The first kappa shape index (κ1) is 21.8. The zero-order valence-corrected chi connectivity index (χ0v) is 19.0. The van der Waals surface area contributed by atoms with Crippen molar-refractivity contribution in [3.8, 4) is 0 Å². The molecule has 0 aromatic heterocycles. The summed E-state index contributed by atoms with van der Waals surface area (Å²) < 4.78 is 41.8. The molecule has 2 bridgehead atoms. The number of primary sulfonamides is 1. The van der Waals surface area contributed by atoms with Gasteiger partial charge in [-0.05, 0) is 55.7 Å². The molecule has 1 saturated carbocycles. The average Bonchev–Trinajstić information content (AvgIpc) is 2.95. The Labute approximate surface area is 183 Å². The zero-order chi connectivity index (χ0) is 22.0. The van der Waals surface area contributed by atoms with Gasteiger partial charge in [0.25, 0.3) is 0 Å². The average molecular weight is 454 g/mol. The summed E-state index contributed by atoms with van der Waals surface area (Å²) in [6.45, 7) is 6.62. The summed E-state index contributed by atoms with van der Waals surface area (Å²) in [6, 6.07) is 6.38. The van der Waals surface area contributed by atoms with E-state index < -0.39 is 34.0 Å². The number of nitrogens with two attached hydrogens (primary N) is 1. The molecule has 4 heterocycles. The van der Waals surface area contributed by atoms with Crippen LogP contribution in [0.1, 0.15) is 52.0 Å². The molecule has 1 spiro atoms. The van der Waals surface area contributed by atoms with Crippen LogP contribution >= 0.6 is 0 Å². The van der Waals surface area contributed by atoms with Crippen LogP contribution in [-0.4, -0.2) is 32.4 Å². The molecular formula is C22H31NO7S. The Kier molecular flexibility index (Phi) is 5.25. The number of hydrogen-bond donors (Lipinski definition) is 1. The largest absolute Gasteiger partial charge is 0.348 e. The van der Waals surface area contributed by atoms with Crippen LogP contribution in [0.15, 0.2) is 29.2 Å². The molecule has 5 fully saturated rings. The van der Waals surface area contributed by atoms with Crippen molar-refractivity contribution in [2.75, 3.05) is 0 Å². The number of hydrogen-bond acceptors (Lipinski definition) is 7. The maximum atomic E-state index is 11.5. The Hall–Kier alpha value is -1.07. The monoisotopic (exact) mass is 453 g/mol. The summed E-state index contributed by atoms with van der Waals surface area (Å²) in [5.74, 6) is 0.299. The quantitative estimate of drug-likeness (QED) is 0.698. The Balaban J connectivity index is 1.36. The van der Waals surface area contributed by atoms with Gasteiger partial charge in [-0.3, -0.25) is 0 Å².